The van der Waals surface area contributed by atoms with Crippen LogP contribution >= 0.6 is 0 Å². The lowest BCUT2D eigenvalue weighted by Crippen LogP contribution is -2.30. The Morgan fingerprint density at radius 2 is 2.15 bits per heavy atom. The van der Waals surface area contributed by atoms with Crippen molar-refractivity contribution in [3.05, 3.63) is 18.3 Å². The molecule has 3 N–H and O–H groups in total. The Balaban J connectivity index is 1.89. The lowest BCUT2D eigenvalue weighted by atomic mass is 10.1. The van der Waals surface area contributed by atoms with Crippen LogP contribution in [0.2, 0.25) is 0 Å². The molecule has 0 aliphatic carbocycles. The highest BCUT2D eigenvalue weighted by Gasteiger charge is 2.12. The predicted octanol–water partition coefficient (Wildman–Crippen LogP) is 2.00. The molecule has 1 fully saturated rings. The Bertz CT molecular complexity index is 426. The molecule has 1 unspecified atom stereocenters. The van der Waals surface area contributed by atoms with Crippen LogP contribution in [0.4, 0.5) is 11.5 Å². The molecule has 5 heteroatoms. The summed E-state index contributed by atoms with van der Waals surface area (Å²) in [5.74, 6) is 1.20. The van der Waals surface area contributed by atoms with E-state index in [4.69, 9.17) is 5.73 Å². The number of hydrogen-bond acceptors (Lipinski definition) is 4. The minimum absolute atomic E-state index is 0.00419. The lowest BCUT2D eigenvalue weighted by molar-refractivity contribution is -0.116. The summed E-state index contributed by atoms with van der Waals surface area (Å²) in [6.07, 6.45) is 5.96. The second-order valence-corrected chi connectivity index (χ2v) is 5.55. The van der Waals surface area contributed by atoms with Gasteiger partial charge in [-0.15, -0.1) is 0 Å². The van der Waals surface area contributed by atoms with E-state index in [1.54, 1.807) is 6.20 Å². The second-order valence-electron chi connectivity index (χ2n) is 5.55. The normalized spacial score (nSPS) is 16.8. The molecule has 1 aromatic rings. The molecule has 2 rings (SSSR count). The number of rotatable bonds is 5. The van der Waals surface area contributed by atoms with E-state index in [9.17, 15) is 4.79 Å². The molecule has 1 aliphatic rings. The lowest BCUT2D eigenvalue weighted by Gasteiger charge is -2.27. The Morgan fingerprint density at radius 3 is 2.75 bits per heavy atom. The Labute approximate surface area is 120 Å². The molecule has 1 saturated heterocycles. The molecule has 1 atom stereocenters. The van der Waals surface area contributed by atoms with Gasteiger partial charge in [0.05, 0.1) is 11.9 Å². The third-order valence-corrected chi connectivity index (χ3v) is 3.65. The van der Waals surface area contributed by atoms with Gasteiger partial charge in [-0.1, -0.05) is 6.92 Å². The van der Waals surface area contributed by atoms with Crippen molar-refractivity contribution in [2.24, 2.45) is 11.7 Å². The van der Waals surface area contributed by atoms with E-state index in [-0.39, 0.29) is 11.8 Å². The van der Waals surface area contributed by atoms with Gasteiger partial charge < -0.3 is 16.0 Å². The molecule has 5 nitrogen and oxygen atoms in total. The zero-order valence-corrected chi connectivity index (χ0v) is 12.1. The van der Waals surface area contributed by atoms with Gasteiger partial charge >= 0.3 is 0 Å². The van der Waals surface area contributed by atoms with Crippen molar-refractivity contribution in [1.82, 2.24) is 4.98 Å². The first-order chi connectivity index (χ1) is 9.69. The number of carbonyl (C=O) groups is 1. The van der Waals surface area contributed by atoms with E-state index in [0.717, 1.165) is 24.6 Å². The van der Waals surface area contributed by atoms with Crippen molar-refractivity contribution in [3.63, 3.8) is 0 Å². The number of nitrogens with two attached hydrogens (primary N) is 1. The number of anilines is 2. The zero-order valence-electron chi connectivity index (χ0n) is 12.1. The van der Waals surface area contributed by atoms with Gasteiger partial charge in [0.2, 0.25) is 5.91 Å². The average Bonchev–Trinajstić information content (AvgIpc) is 2.48. The van der Waals surface area contributed by atoms with Crippen molar-refractivity contribution in [1.29, 1.82) is 0 Å². The third kappa shape index (κ3) is 4.20. The van der Waals surface area contributed by atoms with E-state index < -0.39 is 0 Å². The number of nitrogens with zero attached hydrogens (tertiary/aromatic N) is 2. The summed E-state index contributed by atoms with van der Waals surface area (Å²) < 4.78 is 0. The van der Waals surface area contributed by atoms with Crippen LogP contribution in [0.3, 0.4) is 0 Å². The maximum Gasteiger partial charge on any atom is 0.224 e. The average molecular weight is 276 g/mol. The van der Waals surface area contributed by atoms with E-state index >= 15 is 0 Å². The van der Waals surface area contributed by atoms with Gasteiger partial charge in [-0.2, -0.15) is 0 Å². The van der Waals surface area contributed by atoms with Gasteiger partial charge in [0.15, 0.2) is 0 Å². The number of aromatic nitrogens is 1. The minimum Gasteiger partial charge on any atom is -0.357 e. The highest BCUT2D eigenvalue weighted by molar-refractivity contribution is 5.90. The molecule has 0 bridgehead atoms. The Hall–Kier alpha value is -1.62. The van der Waals surface area contributed by atoms with Crippen molar-refractivity contribution >= 4 is 17.4 Å². The molecule has 0 radical (unpaired) electrons. The fourth-order valence-electron chi connectivity index (χ4n) is 2.38. The van der Waals surface area contributed by atoms with Gasteiger partial charge in [0.25, 0.3) is 0 Å². The second kappa shape index (κ2) is 7.24. The Kier molecular flexibility index (Phi) is 5.35. The van der Waals surface area contributed by atoms with Crippen molar-refractivity contribution in [3.8, 4) is 0 Å². The number of carbonyl (C=O) groups excluding carboxylic acids is 1. The SMILES string of the molecule is CC(CN)CC(=O)Nc1ccc(N2CCCCC2)nc1. The summed E-state index contributed by atoms with van der Waals surface area (Å²) in [6.45, 7) is 4.65. The minimum atomic E-state index is -0.00419. The number of hydrogen-bond donors (Lipinski definition) is 2. The standard InChI is InChI=1S/C15H24N4O/c1-12(10-16)9-15(20)18-13-5-6-14(17-11-13)19-7-3-2-4-8-19/h5-6,11-12H,2-4,7-10,16H2,1H3,(H,18,20). The van der Waals surface area contributed by atoms with Crippen LogP contribution < -0.4 is 16.0 Å². The molecule has 0 saturated carbocycles. The van der Waals surface area contributed by atoms with Crippen molar-refractivity contribution < 1.29 is 4.79 Å². The molecule has 1 amide bonds. The topological polar surface area (TPSA) is 71.2 Å². The van der Waals surface area contributed by atoms with Crippen LogP contribution in [0.25, 0.3) is 0 Å². The van der Waals surface area contributed by atoms with Crippen LogP contribution in [0, 0.1) is 5.92 Å². The molecular weight excluding hydrogens is 252 g/mol. The molecule has 2 heterocycles. The van der Waals surface area contributed by atoms with Crippen molar-refractivity contribution in [2.45, 2.75) is 32.6 Å². The highest BCUT2D eigenvalue weighted by atomic mass is 16.1. The van der Waals surface area contributed by atoms with Gasteiger partial charge in [0, 0.05) is 19.5 Å². The first-order valence-electron chi connectivity index (χ1n) is 7.40. The van der Waals surface area contributed by atoms with Crippen molar-refractivity contribution in [2.75, 3.05) is 29.9 Å². The smallest absolute Gasteiger partial charge is 0.224 e. The van der Waals surface area contributed by atoms with Gasteiger partial charge in [-0.3, -0.25) is 4.79 Å². The summed E-state index contributed by atoms with van der Waals surface area (Å²) in [7, 11) is 0. The summed E-state index contributed by atoms with van der Waals surface area (Å²) in [6, 6.07) is 3.90. The van der Waals surface area contributed by atoms with Crippen LogP contribution in [-0.2, 0) is 4.79 Å². The van der Waals surface area contributed by atoms with Crippen LogP contribution in [-0.4, -0.2) is 30.5 Å². The van der Waals surface area contributed by atoms with Gasteiger partial charge in [-0.05, 0) is 43.9 Å². The van der Waals surface area contributed by atoms with Crippen LogP contribution in [0.1, 0.15) is 32.6 Å². The fourth-order valence-corrected chi connectivity index (χ4v) is 2.38. The zero-order chi connectivity index (χ0) is 14.4. The first-order valence-corrected chi connectivity index (χ1v) is 7.40. The van der Waals surface area contributed by atoms with E-state index in [1.807, 2.05) is 19.1 Å². The van der Waals surface area contributed by atoms with Gasteiger partial charge in [0.1, 0.15) is 5.82 Å². The summed E-state index contributed by atoms with van der Waals surface area (Å²) in [4.78, 5) is 18.5. The molecular formula is C15H24N4O. The third-order valence-electron chi connectivity index (χ3n) is 3.65. The predicted molar refractivity (Wildman–Crippen MR) is 81.8 cm³/mol. The van der Waals surface area contributed by atoms with Gasteiger partial charge in [-0.25, -0.2) is 4.98 Å². The Morgan fingerprint density at radius 1 is 1.40 bits per heavy atom. The van der Waals surface area contributed by atoms with Crippen LogP contribution in [0.15, 0.2) is 18.3 Å². The van der Waals surface area contributed by atoms with E-state index in [1.165, 1.54) is 19.3 Å². The van der Waals surface area contributed by atoms with E-state index in [2.05, 4.69) is 15.2 Å². The molecule has 20 heavy (non-hydrogen) atoms. The summed E-state index contributed by atoms with van der Waals surface area (Å²) in [5, 5.41) is 2.86. The fraction of sp³-hybridized carbons (Fsp3) is 0.600. The molecule has 1 aromatic heterocycles. The highest BCUT2D eigenvalue weighted by Crippen LogP contribution is 2.19. The maximum atomic E-state index is 11.8. The largest absolute Gasteiger partial charge is 0.357 e. The summed E-state index contributed by atoms with van der Waals surface area (Å²) in [5.41, 5.74) is 6.27. The van der Waals surface area contributed by atoms with E-state index in [0.29, 0.717) is 13.0 Å². The molecule has 0 aromatic carbocycles. The molecule has 1 aliphatic heterocycles. The number of pyridine rings is 1. The van der Waals surface area contributed by atoms with Crippen LogP contribution in [0.5, 0.6) is 0 Å². The first kappa shape index (κ1) is 14.8. The number of amides is 1. The monoisotopic (exact) mass is 276 g/mol. The number of nitrogens with one attached hydrogen (secondary N) is 1. The molecule has 0 spiro atoms. The molecule has 110 valence electrons. The quantitative estimate of drug-likeness (QED) is 0.863. The summed E-state index contributed by atoms with van der Waals surface area (Å²) >= 11 is 0. The number of piperidine rings is 1. The maximum absolute atomic E-state index is 11.8.